The summed E-state index contributed by atoms with van der Waals surface area (Å²) in [5.41, 5.74) is 2.13. The van der Waals surface area contributed by atoms with Gasteiger partial charge in [-0.2, -0.15) is 5.26 Å². The van der Waals surface area contributed by atoms with Gasteiger partial charge < -0.3 is 10.1 Å². The maximum absolute atomic E-state index is 12.6. The van der Waals surface area contributed by atoms with E-state index in [1.165, 1.54) is 11.8 Å². The van der Waals surface area contributed by atoms with Crippen molar-refractivity contribution in [2.24, 2.45) is 0 Å². The molecule has 8 heteroatoms. The Balaban J connectivity index is 1.64. The summed E-state index contributed by atoms with van der Waals surface area (Å²) in [5.74, 6) is 1.31. The molecule has 0 aliphatic heterocycles. The largest absolute Gasteiger partial charge is 0.496 e. The first-order valence-electron chi connectivity index (χ1n) is 10.6. The van der Waals surface area contributed by atoms with Crippen LogP contribution < -0.4 is 10.1 Å². The van der Waals surface area contributed by atoms with Crippen LogP contribution in [0.1, 0.15) is 31.2 Å². The SMILES string of the molecule is COc1ccccc1-c1nnc(SCC(=O)NC2(C#N)CCCC2)n1-c1ccc(C)cc1. The molecule has 1 fully saturated rings. The third-order valence-electron chi connectivity index (χ3n) is 5.66. The lowest BCUT2D eigenvalue weighted by molar-refractivity contribution is -0.119. The number of rotatable bonds is 7. The fraction of sp³-hybridized carbons (Fsp3) is 0.333. The zero-order valence-corrected chi connectivity index (χ0v) is 19.0. The summed E-state index contributed by atoms with van der Waals surface area (Å²) in [6.07, 6.45) is 3.34. The standard InChI is InChI=1S/C24H25N5O2S/c1-17-9-11-18(12-10-17)29-22(19-7-3-4-8-20(19)31-2)27-28-23(29)32-15-21(30)26-24(16-25)13-5-6-14-24/h3-4,7-12H,5-6,13-15H2,1-2H3,(H,26,30). The van der Waals surface area contributed by atoms with Gasteiger partial charge in [-0.15, -0.1) is 10.2 Å². The zero-order valence-electron chi connectivity index (χ0n) is 18.2. The molecule has 1 aliphatic rings. The number of nitriles is 1. The Hall–Kier alpha value is -3.31. The summed E-state index contributed by atoms with van der Waals surface area (Å²) < 4.78 is 7.47. The van der Waals surface area contributed by atoms with E-state index in [-0.39, 0.29) is 11.7 Å². The van der Waals surface area contributed by atoms with Crippen molar-refractivity contribution in [1.29, 1.82) is 5.26 Å². The minimum atomic E-state index is -0.731. The van der Waals surface area contributed by atoms with Crippen LogP contribution in [0.3, 0.4) is 0 Å². The topological polar surface area (TPSA) is 92.8 Å². The number of carbonyl (C=O) groups is 1. The molecule has 3 aromatic rings. The number of amides is 1. The molecular weight excluding hydrogens is 422 g/mol. The lowest BCUT2D eigenvalue weighted by Gasteiger charge is -2.21. The van der Waals surface area contributed by atoms with Crippen LogP contribution in [0.4, 0.5) is 0 Å². The van der Waals surface area contributed by atoms with Crippen LogP contribution >= 0.6 is 11.8 Å². The Kier molecular flexibility index (Phi) is 6.47. The van der Waals surface area contributed by atoms with Crippen LogP contribution in [-0.2, 0) is 4.79 Å². The Morgan fingerprint density at radius 1 is 1.19 bits per heavy atom. The van der Waals surface area contributed by atoms with Gasteiger partial charge >= 0.3 is 0 Å². The van der Waals surface area contributed by atoms with Gasteiger partial charge in [0.15, 0.2) is 11.0 Å². The van der Waals surface area contributed by atoms with Crippen LogP contribution in [0, 0.1) is 18.3 Å². The van der Waals surface area contributed by atoms with Crippen molar-refractivity contribution >= 4 is 17.7 Å². The van der Waals surface area contributed by atoms with Gasteiger partial charge in [-0.3, -0.25) is 9.36 Å². The van der Waals surface area contributed by atoms with Gasteiger partial charge in [0.1, 0.15) is 11.3 Å². The minimum absolute atomic E-state index is 0.152. The minimum Gasteiger partial charge on any atom is -0.496 e. The number of ether oxygens (including phenoxy) is 1. The van der Waals surface area contributed by atoms with E-state index in [9.17, 15) is 10.1 Å². The number of nitrogens with zero attached hydrogens (tertiary/aromatic N) is 4. The van der Waals surface area contributed by atoms with Crippen LogP contribution in [0.2, 0.25) is 0 Å². The molecule has 1 N–H and O–H groups in total. The van der Waals surface area contributed by atoms with Gasteiger partial charge in [0.05, 0.1) is 24.5 Å². The van der Waals surface area contributed by atoms with E-state index in [0.29, 0.717) is 29.6 Å². The number of methoxy groups -OCH3 is 1. The summed E-state index contributed by atoms with van der Waals surface area (Å²) >= 11 is 1.30. The normalized spacial score (nSPS) is 14.7. The van der Waals surface area contributed by atoms with Crippen molar-refractivity contribution < 1.29 is 9.53 Å². The van der Waals surface area contributed by atoms with Crippen LogP contribution in [0.15, 0.2) is 53.7 Å². The number of hydrogen-bond acceptors (Lipinski definition) is 6. The Bertz CT molecular complexity index is 1140. The van der Waals surface area contributed by atoms with Crippen molar-refractivity contribution in [2.45, 2.75) is 43.3 Å². The molecule has 0 radical (unpaired) electrons. The molecule has 0 spiro atoms. The summed E-state index contributed by atoms with van der Waals surface area (Å²) in [7, 11) is 1.62. The predicted octanol–water partition coefficient (Wildman–Crippen LogP) is 4.30. The molecule has 1 aliphatic carbocycles. The summed E-state index contributed by atoms with van der Waals surface area (Å²) in [5, 5.41) is 21.9. The number of benzene rings is 2. The van der Waals surface area contributed by atoms with Gasteiger partial charge in [-0.25, -0.2) is 0 Å². The highest BCUT2D eigenvalue weighted by Crippen LogP contribution is 2.34. The Labute approximate surface area is 191 Å². The highest BCUT2D eigenvalue weighted by Gasteiger charge is 2.35. The molecule has 32 heavy (non-hydrogen) atoms. The van der Waals surface area contributed by atoms with E-state index >= 15 is 0 Å². The quantitative estimate of drug-likeness (QED) is 0.543. The van der Waals surface area contributed by atoms with Crippen LogP contribution in [0.5, 0.6) is 5.75 Å². The lowest BCUT2D eigenvalue weighted by Crippen LogP contribution is -2.45. The molecule has 1 amide bonds. The highest BCUT2D eigenvalue weighted by molar-refractivity contribution is 7.99. The first kappa shape index (κ1) is 21.9. The number of aryl methyl sites for hydroxylation is 1. The Morgan fingerprint density at radius 2 is 1.91 bits per heavy atom. The second-order valence-electron chi connectivity index (χ2n) is 7.92. The number of nitrogens with one attached hydrogen (secondary N) is 1. The molecule has 0 bridgehead atoms. The van der Waals surface area contributed by atoms with E-state index < -0.39 is 5.54 Å². The third-order valence-corrected chi connectivity index (χ3v) is 6.58. The number of aromatic nitrogens is 3. The second-order valence-corrected chi connectivity index (χ2v) is 8.86. The molecule has 4 rings (SSSR count). The molecular formula is C24H25N5O2S. The maximum atomic E-state index is 12.6. The maximum Gasteiger partial charge on any atom is 0.231 e. The van der Waals surface area contributed by atoms with Crippen LogP contribution in [-0.4, -0.2) is 39.1 Å². The third kappa shape index (κ3) is 4.48. The summed E-state index contributed by atoms with van der Waals surface area (Å²) in [6, 6.07) is 18.0. The first-order chi connectivity index (χ1) is 15.5. The van der Waals surface area contributed by atoms with Gasteiger partial charge in [0, 0.05) is 5.69 Å². The van der Waals surface area contributed by atoms with Crippen molar-refractivity contribution in [1.82, 2.24) is 20.1 Å². The molecule has 1 heterocycles. The van der Waals surface area contributed by atoms with Crippen molar-refractivity contribution in [3.63, 3.8) is 0 Å². The monoisotopic (exact) mass is 447 g/mol. The average Bonchev–Trinajstić information content (AvgIpc) is 3.46. The van der Waals surface area contributed by atoms with Crippen LogP contribution in [0.25, 0.3) is 17.1 Å². The lowest BCUT2D eigenvalue weighted by atomic mass is 10.0. The second kappa shape index (κ2) is 9.45. The fourth-order valence-corrected chi connectivity index (χ4v) is 4.72. The smallest absolute Gasteiger partial charge is 0.231 e. The van der Waals surface area contributed by atoms with Gasteiger partial charge in [0.2, 0.25) is 5.91 Å². The van der Waals surface area contributed by atoms with Crippen molar-refractivity contribution in [3.05, 3.63) is 54.1 Å². The average molecular weight is 448 g/mol. The summed E-state index contributed by atoms with van der Waals surface area (Å²) in [6.45, 7) is 2.03. The van der Waals surface area contributed by atoms with Crippen molar-refractivity contribution in [3.8, 4) is 28.9 Å². The van der Waals surface area contributed by atoms with E-state index in [1.54, 1.807) is 7.11 Å². The van der Waals surface area contributed by atoms with E-state index in [1.807, 2.05) is 60.0 Å². The molecule has 2 aromatic carbocycles. The zero-order chi connectivity index (χ0) is 22.6. The number of hydrogen-bond donors (Lipinski definition) is 1. The molecule has 1 aromatic heterocycles. The predicted molar refractivity (Wildman–Crippen MR) is 124 cm³/mol. The van der Waals surface area contributed by atoms with Gasteiger partial charge in [-0.05, 0) is 56.9 Å². The highest BCUT2D eigenvalue weighted by atomic mass is 32.2. The van der Waals surface area contributed by atoms with E-state index in [2.05, 4.69) is 21.6 Å². The molecule has 7 nitrogen and oxygen atoms in total. The van der Waals surface area contributed by atoms with E-state index in [0.717, 1.165) is 29.7 Å². The molecule has 164 valence electrons. The van der Waals surface area contributed by atoms with Crippen molar-refractivity contribution in [2.75, 3.05) is 12.9 Å². The number of para-hydroxylation sites is 1. The summed E-state index contributed by atoms with van der Waals surface area (Å²) in [4.78, 5) is 12.6. The van der Waals surface area contributed by atoms with Gasteiger partial charge in [0.25, 0.3) is 0 Å². The molecule has 0 saturated heterocycles. The fourth-order valence-electron chi connectivity index (χ4n) is 3.97. The molecule has 1 saturated carbocycles. The van der Waals surface area contributed by atoms with Gasteiger partial charge in [-0.1, -0.05) is 41.6 Å². The number of thioether (sulfide) groups is 1. The number of carbonyl (C=O) groups excluding carboxylic acids is 1. The molecule has 0 atom stereocenters. The van der Waals surface area contributed by atoms with E-state index in [4.69, 9.17) is 4.74 Å². The molecule has 0 unspecified atom stereocenters. The Morgan fingerprint density at radius 3 is 2.59 bits per heavy atom. The first-order valence-corrected chi connectivity index (χ1v) is 11.5.